The fourth-order valence-corrected chi connectivity index (χ4v) is 2.45. The fourth-order valence-electron chi connectivity index (χ4n) is 2.45. The Bertz CT molecular complexity index is 117. The molecule has 0 N–H and O–H groups in total. The first-order valence-electron chi connectivity index (χ1n) is 4.17. The van der Waals surface area contributed by atoms with Crippen LogP contribution in [0.15, 0.2) is 0 Å². The zero-order chi connectivity index (χ0) is 6.32. The van der Waals surface area contributed by atoms with Crippen LogP contribution in [0.3, 0.4) is 0 Å². The van der Waals surface area contributed by atoms with Crippen LogP contribution in [-0.2, 0) is 0 Å². The smallest absolute Gasteiger partial charge is 0.0266 e. The van der Waals surface area contributed by atoms with Crippen molar-refractivity contribution in [1.82, 2.24) is 0 Å². The molecule has 2 aliphatic carbocycles. The van der Waals surface area contributed by atoms with Gasteiger partial charge < -0.3 is 0 Å². The summed E-state index contributed by atoms with van der Waals surface area (Å²) in [5, 5.41) is 0. The van der Waals surface area contributed by atoms with Crippen molar-refractivity contribution in [2.24, 2.45) is 11.3 Å². The molecule has 2 fully saturated rings. The molecule has 51 valence electrons. The SMILES string of the molecule is [CH2]CC12CCCCC1C2. The Kier molecular flexibility index (Phi) is 1.12. The first-order chi connectivity index (χ1) is 4.37. The lowest BCUT2D eigenvalue weighted by Crippen LogP contribution is -2.07. The number of hydrogen-bond acceptors (Lipinski definition) is 0. The molecular formula is C9H15. The molecule has 0 aromatic heterocycles. The summed E-state index contributed by atoms with van der Waals surface area (Å²) in [4.78, 5) is 0. The van der Waals surface area contributed by atoms with Gasteiger partial charge in [-0.25, -0.2) is 0 Å². The van der Waals surface area contributed by atoms with Crippen LogP contribution in [-0.4, -0.2) is 0 Å². The van der Waals surface area contributed by atoms with Crippen LogP contribution in [0.25, 0.3) is 0 Å². The van der Waals surface area contributed by atoms with E-state index < -0.39 is 0 Å². The summed E-state index contributed by atoms with van der Waals surface area (Å²) in [5.74, 6) is 1.10. The summed E-state index contributed by atoms with van der Waals surface area (Å²) in [6.07, 6.45) is 8.68. The minimum atomic E-state index is 0.776. The van der Waals surface area contributed by atoms with E-state index in [1.165, 1.54) is 38.5 Å². The Morgan fingerprint density at radius 2 is 2.33 bits per heavy atom. The van der Waals surface area contributed by atoms with Gasteiger partial charge in [0.2, 0.25) is 0 Å². The number of hydrogen-bond donors (Lipinski definition) is 0. The van der Waals surface area contributed by atoms with E-state index in [1.54, 1.807) is 0 Å². The molecule has 0 amide bonds. The molecule has 0 spiro atoms. The summed E-state index contributed by atoms with van der Waals surface area (Å²) < 4.78 is 0. The molecule has 0 saturated heterocycles. The summed E-state index contributed by atoms with van der Waals surface area (Å²) in [5.41, 5.74) is 0.776. The van der Waals surface area contributed by atoms with Gasteiger partial charge in [0.15, 0.2) is 0 Å². The standard InChI is InChI=1S/C9H15/c1-2-9-6-4-3-5-8(9)7-9/h8H,1-7H2. The second-order valence-electron chi connectivity index (χ2n) is 3.76. The Labute approximate surface area is 57.6 Å². The molecule has 0 bridgehead atoms. The highest BCUT2D eigenvalue weighted by Gasteiger charge is 2.52. The second-order valence-corrected chi connectivity index (χ2v) is 3.76. The summed E-state index contributed by atoms with van der Waals surface area (Å²) in [6, 6.07) is 0. The monoisotopic (exact) mass is 123 g/mol. The van der Waals surface area contributed by atoms with Crippen LogP contribution in [0.1, 0.15) is 38.5 Å². The Balaban J connectivity index is 2.01. The second kappa shape index (κ2) is 1.74. The predicted octanol–water partition coefficient (Wildman–Crippen LogP) is 2.79. The van der Waals surface area contributed by atoms with E-state index in [-0.39, 0.29) is 0 Å². The van der Waals surface area contributed by atoms with E-state index in [0.717, 1.165) is 11.3 Å². The highest BCUT2D eigenvalue weighted by atomic mass is 14.6. The first kappa shape index (κ1) is 5.76. The van der Waals surface area contributed by atoms with E-state index >= 15 is 0 Å². The molecule has 2 rings (SSSR count). The highest BCUT2D eigenvalue weighted by Crippen LogP contribution is 2.63. The van der Waals surface area contributed by atoms with Crippen LogP contribution in [0.4, 0.5) is 0 Å². The number of fused-ring (bicyclic) bond motifs is 1. The van der Waals surface area contributed by atoms with E-state index in [1.807, 2.05) is 0 Å². The molecular weight excluding hydrogens is 108 g/mol. The van der Waals surface area contributed by atoms with Gasteiger partial charge in [-0.05, 0) is 37.0 Å². The molecule has 0 aromatic carbocycles. The van der Waals surface area contributed by atoms with E-state index in [4.69, 9.17) is 0 Å². The van der Waals surface area contributed by atoms with Crippen molar-refractivity contribution in [3.63, 3.8) is 0 Å². The summed E-state index contributed by atoms with van der Waals surface area (Å²) in [6.45, 7) is 4.02. The molecule has 2 atom stereocenters. The average molecular weight is 123 g/mol. The lowest BCUT2D eigenvalue weighted by Gasteiger charge is -2.19. The van der Waals surface area contributed by atoms with Gasteiger partial charge in [-0.2, -0.15) is 0 Å². The van der Waals surface area contributed by atoms with Crippen LogP contribution >= 0.6 is 0 Å². The molecule has 0 heterocycles. The molecule has 9 heavy (non-hydrogen) atoms. The predicted molar refractivity (Wildman–Crippen MR) is 39.0 cm³/mol. The molecule has 1 radical (unpaired) electrons. The van der Waals surface area contributed by atoms with Crippen molar-refractivity contribution in [3.8, 4) is 0 Å². The molecule has 0 aliphatic heterocycles. The van der Waals surface area contributed by atoms with Gasteiger partial charge >= 0.3 is 0 Å². The maximum atomic E-state index is 4.02. The molecule has 0 nitrogen and oxygen atoms in total. The van der Waals surface area contributed by atoms with Gasteiger partial charge in [0.1, 0.15) is 0 Å². The van der Waals surface area contributed by atoms with Crippen LogP contribution < -0.4 is 0 Å². The van der Waals surface area contributed by atoms with Crippen molar-refractivity contribution < 1.29 is 0 Å². The third-order valence-corrected chi connectivity index (χ3v) is 3.33. The van der Waals surface area contributed by atoms with Crippen LogP contribution in [0, 0.1) is 18.3 Å². The van der Waals surface area contributed by atoms with E-state index in [9.17, 15) is 0 Å². The first-order valence-corrected chi connectivity index (χ1v) is 4.17. The largest absolute Gasteiger partial charge is 0.0530 e. The minimum Gasteiger partial charge on any atom is -0.0530 e. The quantitative estimate of drug-likeness (QED) is 0.503. The summed E-state index contributed by atoms with van der Waals surface area (Å²) in [7, 11) is 0. The number of rotatable bonds is 1. The van der Waals surface area contributed by atoms with Gasteiger partial charge in [-0.15, -0.1) is 0 Å². The minimum absolute atomic E-state index is 0.776. The lowest BCUT2D eigenvalue weighted by molar-refractivity contribution is 0.339. The van der Waals surface area contributed by atoms with Crippen molar-refractivity contribution >= 4 is 0 Å². The summed E-state index contributed by atoms with van der Waals surface area (Å²) >= 11 is 0. The molecule has 2 saturated carbocycles. The van der Waals surface area contributed by atoms with E-state index in [2.05, 4.69) is 6.92 Å². The third-order valence-electron chi connectivity index (χ3n) is 3.33. The molecule has 2 aliphatic rings. The van der Waals surface area contributed by atoms with Crippen molar-refractivity contribution in [2.75, 3.05) is 0 Å². The fraction of sp³-hybridized carbons (Fsp3) is 0.889. The zero-order valence-electron chi connectivity index (χ0n) is 6.03. The van der Waals surface area contributed by atoms with Gasteiger partial charge in [0.05, 0.1) is 0 Å². The van der Waals surface area contributed by atoms with Crippen LogP contribution in [0.2, 0.25) is 0 Å². The lowest BCUT2D eigenvalue weighted by atomic mass is 9.87. The Morgan fingerprint density at radius 1 is 1.44 bits per heavy atom. The van der Waals surface area contributed by atoms with Crippen molar-refractivity contribution in [2.45, 2.75) is 38.5 Å². The van der Waals surface area contributed by atoms with Gasteiger partial charge in [0, 0.05) is 0 Å². The van der Waals surface area contributed by atoms with Gasteiger partial charge in [-0.3, -0.25) is 0 Å². The van der Waals surface area contributed by atoms with Gasteiger partial charge in [-0.1, -0.05) is 19.8 Å². The van der Waals surface area contributed by atoms with Crippen molar-refractivity contribution in [1.29, 1.82) is 0 Å². The normalized spacial score (nSPS) is 48.3. The van der Waals surface area contributed by atoms with Gasteiger partial charge in [0.25, 0.3) is 0 Å². The maximum Gasteiger partial charge on any atom is -0.0266 e. The average Bonchev–Trinajstić information content (AvgIpc) is 2.62. The molecule has 0 aromatic rings. The third kappa shape index (κ3) is 0.720. The van der Waals surface area contributed by atoms with Crippen molar-refractivity contribution in [3.05, 3.63) is 6.92 Å². The highest BCUT2D eigenvalue weighted by molar-refractivity contribution is 5.04. The zero-order valence-corrected chi connectivity index (χ0v) is 6.03. The topological polar surface area (TPSA) is 0 Å². The maximum absolute atomic E-state index is 4.02. The van der Waals surface area contributed by atoms with Crippen LogP contribution in [0.5, 0.6) is 0 Å². The van der Waals surface area contributed by atoms with E-state index in [0.29, 0.717) is 0 Å². The molecule has 0 heteroatoms. The molecule has 2 unspecified atom stereocenters. The Morgan fingerprint density at radius 3 is 2.89 bits per heavy atom. The Hall–Kier alpha value is 0.